The van der Waals surface area contributed by atoms with Crippen LogP contribution in [-0.4, -0.2) is 22.3 Å². The van der Waals surface area contributed by atoms with Gasteiger partial charge in [0, 0.05) is 12.7 Å². The second kappa shape index (κ2) is 6.41. The van der Waals surface area contributed by atoms with Gasteiger partial charge in [0.05, 0.1) is 33.5 Å². The lowest BCUT2D eigenvalue weighted by atomic mass is 10.3. The van der Waals surface area contributed by atoms with Crippen LogP contribution in [-0.2, 0) is 11.3 Å². The van der Waals surface area contributed by atoms with Crippen LogP contribution >= 0.6 is 27.5 Å². The van der Waals surface area contributed by atoms with E-state index < -0.39 is 0 Å². The van der Waals surface area contributed by atoms with Crippen LogP contribution in [0.1, 0.15) is 32.0 Å². The Morgan fingerprint density at radius 2 is 2.15 bits per heavy atom. The molecule has 6 heteroatoms. The molecule has 0 aliphatic carbocycles. The van der Waals surface area contributed by atoms with Gasteiger partial charge < -0.3 is 9.30 Å². The summed E-state index contributed by atoms with van der Waals surface area (Å²) in [6.07, 6.45) is 0.0123. The maximum atomic E-state index is 13.8. The minimum absolute atomic E-state index is 0.0123. The van der Waals surface area contributed by atoms with Gasteiger partial charge in [-0.05, 0) is 42.8 Å². The zero-order valence-corrected chi connectivity index (χ0v) is 14.0. The van der Waals surface area contributed by atoms with E-state index in [1.54, 1.807) is 6.07 Å². The Bertz CT molecular complexity index is 615. The Morgan fingerprint density at radius 3 is 2.75 bits per heavy atom. The van der Waals surface area contributed by atoms with Crippen LogP contribution in [0.15, 0.2) is 16.6 Å². The molecule has 1 aromatic heterocycles. The van der Waals surface area contributed by atoms with E-state index in [2.05, 4.69) is 20.9 Å². The molecule has 0 saturated carbocycles. The SMILES string of the molecule is CCOC(C)Cn1c(C(C)Cl)nc2cc(Br)c(F)cc21. The molecule has 0 saturated heterocycles. The van der Waals surface area contributed by atoms with Gasteiger partial charge in [-0.2, -0.15) is 0 Å². The zero-order valence-electron chi connectivity index (χ0n) is 11.7. The van der Waals surface area contributed by atoms with E-state index in [0.29, 0.717) is 17.6 Å². The van der Waals surface area contributed by atoms with Gasteiger partial charge in [-0.25, -0.2) is 9.37 Å². The number of ether oxygens (including phenoxy) is 1. The molecule has 0 amide bonds. The molecule has 0 bridgehead atoms. The topological polar surface area (TPSA) is 27.1 Å². The average molecular weight is 364 g/mol. The molecule has 0 radical (unpaired) electrons. The lowest BCUT2D eigenvalue weighted by Crippen LogP contribution is -2.18. The van der Waals surface area contributed by atoms with E-state index in [4.69, 9.17) is 16.3 Å². The molecule has 1 aromatic carbocycles. The Balaban J connectivity index is 2.53. The monoisotopic (exact) mass is 362 g/mol. The molecule has 0 aliphatic rings. The summed E-state index contributed by atoms with van der Waals surface area (Å²) in [5, 5.41) is -0.252. The number of hydrogen-bond donors (Lipinski definition) is 0. The molecule has 0 aliphatic heterocycles. The van der Waals surface area contributed by atoms with Crippen LogP contribution in [0.3, 0.4) is 0 Å². The van der Waals surface area contributed by atoms with Gasteiger partial charge in [-0.1, -0.05) is 0 Å². The van der Waals surface area contributed by atoms with Gasteiger partial charge in [0.1, 0.15) is 11.6 Å². The summed E-state index contributed by atoms with van der Waals surface area (Å²) in [7, 11) is 0. The highest BCUT2D eigenvalue weighted by atomic mass is 79.9. The van der Waals surface area contributed by atoms with Gasteiger partial charge >= 0.3 is 0 Å². The first kappa shape index (κ1) is 15.7. The summed E-state index contributed by atoms with van der Waals surface area (Å²) in [4.78, 5) is 4.51. The average Bonchev–Trinajstić information content (AvgIpc) is 2.69. The number of rotatable bonds is 5. The van der Waals surface area contributed by atoms with Gasteiger partial charge in [-0.3, -0.25) is 0 Å². The molecule has 20 heavy (non-hydrogen) atoms. The molecular weight excluding hydrogens is 347 g/mol. The number of aromatic nitrogens is 2. The zero-order chi connectivity index (χ0) is 14.9. The number of fused-ring (bicyclic) bond motifs is 1. The third-order valence-electron chi connectivity index (χ3n) is 3.07. The minimum atomic E-state index is -0.309. The van der Waals surface area contributed by atoms with Gasteiger partial charge in [0.15, 0.2) is 0 Å². The molecule has 2 aromatic rings. The van der Waals surface area contributed by atoms with Gasteiger partial charge in [0.25, 0.3) is 0 Å². The number of hydrogen-bond acceptors (Lipinski definition) is 2. The van der Waals surface area contributed by atoms with Crippen LogP contribution < -0.4 is 0 Å². The normalized spacial score (nSPS) is 14.7. The molecule has 1 heterocycles. The Hall–Kier alpha value is -0.650. The minimum Gasteiger partial charge on any atom is -0.377 e. The molecule has 0 N–H and O–H groups in total. The van der Waals surface area contributed by atoms with E-state index in [1.807, 2.05) is 25.3 Å². The molecule has 3 nitrogen and oxygen atoms in total. The Kier molecular flexibility index (Phi) is 5.04. The van der Waals surface area contributed by atoms with Crippen molar-refractivity contribution in [2.45, 2.75) is 38.8 Å². The third-order valence-corrected chi connectivity index (χ3v) is 3.87. The van der Waals surface area contributed by atoms with Crippen LogP contribution in [0.2, 0.25) is 0 Å². The van der Waals surface area contributed by atoms with Crippen molar-refractivity contribution in [1.29, 1.82) is 0 Å². The number of imidazole rings is 1. The van der Waals surface area contributed by atoms with Crippen molar-refractivity contribution < 1.29 is 9.13 Å². The van der Waals surface area contributed by atoms with E-state index in [9.17, 15) is 4.39 Å². The van der Waals surface area contributed by atoms with E-state index in [0.717, 1.165) is 16.9 Å². The van der Waals surface area contributed by atoms with Crippen molar-refractivity contribution in [3.05, 3.63) is 28.2 Å². The summed E-state index contributed by atoms with van der Waals surface area (Å²) in [6, 6.07) is 3.16. The molecule has 0 spiro atoms. The molecule has 110 valence electrons. The van der Waals surface area contributed by atoms with Crippen LogP contribution in [0.4, 0.5) is 4.39 Å². The summed E-state index contributed by atoms with van der Waals surface area (Å²) >= 11 is 9.37. The highest BCUT2D eigenvalue weighted by Gasteiger charge is 2.18. The second-order valence-corrected chi connectivity index (χ2v) is 6.23. The predicted molar refractivity (Wildman–Crippen MR) is 82.7 cm³/mol. The van der Waals surface area contributed by atoms with Crippen molar-refractivity contribution in [1.82, 2.24) is 9.55 Å². The fraction of sp³-hybridized carbons (Fsp3) is 0.500. The maximum absolute atomic E-state index is 13.8. The van der Waals surface area contributed by atoms with E-state index in [1.165, 1.54) is 6.07 Å². The molecule has 0 fully saturated rings. The van der Waals surface area contributed by atoms with Crippen molar-refractivity contribution in [2.75, 3.05) is 6.61 Å². The lowest BCUT2D eigenvalue weighted by molar-refractivity contribution is 0.0642. The quantitative estimate of drug-likeness (QED) is 0.722. The van der Waals surface area contributed by atoms with E-state index >= 15 is 0 Å². The molecular formula is C14H17BrClFN2O. The Morgan fingerprint density at radius 1 is 1.45 bits per heavy atom. The maximum Gasteiger partial charge on any atom is 0.139 e. The number of halogens is 3. The first-order chi connectivity index (χ1) is 9.43. The first-order valence-electron chi connectivity index (χ1n) is 6.54. The fourth-order valence-electron chi connectivity index (χ4n) is 2.23. The van der Waals surface area contributed by atoms with Crippen molar-refractivity contribution in [2.24, 2.45) is 0 Å². The third kappa shape index (κ3) is 3.15. The standard InChI is InChI=1S/C14H17BrClFN2O/c1-4-20-8(2)7-19-13-6-11(17)10(15)5-12(13)18-14(19)9(3)16/h5-6,8-9H,4,7H2,1-3H3. The van der Waals surface area contributed by atoms with Crippen LogP contribution in [0.25, 0.3) is 11.0 Å². The largest absolute Gasteiger partial charge is 0.377 e. The molecule has 2 rings (SSSR count). The smallest absolute Gasteiger partial charge is 0.139 e. The van der Waals surface area contributed by atoms with E-state index in [-0.39, 0.29) is 17.3 Å². The lowest BCUT2D eigenvalue weighted by Gasteiger charge is -2.16. The summed E-state index contributed by atoms with van der Waals surface area (Å²) < 4.78 is 21.7. The highest BCUT2D eigenvalue weighted by molar-refractivity contribution is 9.10. The predicted octanol–water partition coefficient (Wildman–Crippen LogP) is 4.66. The van der Waals surface area contributed by atoms with Crippen LogP contribution in [0, 0.1) is 5.82 Å². The summed E-state index contributed by atoms with van der Waals surface area (Å²) in [6.45, 7) is 7.02. The van der Waals surface area contributed by atoms with Gasteiger partial charge in [-0.15, -0.1) is 11.6 Å². The Labute approximate surface area is 131 Å². The van der Waals surface area contributed by atoms with Crippen molar-refractivity contribution >= 4 is 38.6 Å². The summed E-state index contributed by atoms with van der Waals surface area (Å²) in [5.74, 6) is 0.419. The molecule has 2 unspecified atom stereocenters. The first-order valence-corrected chi connectivity index (χ1v) is 7.77. The number of alkyl halides is 1. The molecule has 2 atom stereocenters. The van der Waals surface area contributed by atoms with Gasteiger partial charge in [0.2, 0.25) is 0 Å². The van der Waals surface area contributed by atoms with Crippen molar-refractivity contribution in [3.8, 4) is 0 Å². The number of benzene rings is 1. The second-order valence-electron chi connectivity index (χ2n) is 4.72. The van der Waals surface area contributed by atoms with Crippen LogP contribution in [0.5, 0.6) is 0 Å². The van der Waals surface area contributed by atoms with Crippen molar-refractivity contribution in [3.63, 3.8) is 0 Å². The summed E-state index contributed by atoms with van der Waals surface area (Å²) in [5.41, 5.74) is 1.46. The fourth-order valence-corrected chi connectivity index (χ4v) is 2.73. The number of nitrogens with zero attached hydrogens (tertiary/aromatic N) is 2. The highest BCUT2D eigenvalue weighted by Crippen LogP contribution is 2.28.